The fourth-order valence-corrected chi connectivity index (χ4v) is 1.89. The summed E-state index contributed by atoms with van der Waals surface area (Å²) >= 11 is 0. The molecule has 1 aliphatic rings. The number of nitrogens with one attached hydrogen (secondary N) is 1. The van der Waals surface area contributed by atoms with Crippen molar-refractivity contribution < 1.29 is 14.4 Å². The first-order valence-electron chi connectivity index (χ1n) is 5.59. The largest absolute Gasteiger partial charge is 0.497 e. The Morgan fingerprint density at radius 2 is 1.84 bits per heavy atom. The van der Waals surface area contributed by atoms with Gasteiger partial charge in [0.05, 0.1) is 29.5 Å². The number of hydrogen-bond donors (Lipinski definition) is 1. The minimum absolute atomic E-state index is 0.00750. The highest BCUT2D eigenvalue weighted by Crippen LogP contribution is 2.44. The molecule has 0 radical (unpaired) electrons. The lowest BCUT2D eigenvalue weighted by Gasteiger charge is -2.21. The molecule has 6 nitrogen and oxygen atoms in total. The lowest BCUT2D eigenvalue weighted by atomic mass is 10.2. The molecule has 96 valence electrons. The molecule has 6 heteroatoms. The van der Waals surface area contributed by atoms with Crippen molar-refractivity contribution >= 4 is 17.1 Å². The molecule has 0 unspecified atom stereocenters. The van der Waals surface area contributed by atoms with Gasteiger partial charge in [-0.05, 0) is 18.2 Å². The molecular formula is C13H10N2O4. The number of methoxy groups -OCH3 is 1. The van der Waals surface area contributed by atoms with Crippen LogP contribution < -0.4 is 14.8 Å². The number of nitro groups is 1. The first kappa shape index (κ1) is 11.3. The molecule has 0 bridgehead atoms. The van der Waals surface area contributed by atoms with E-state index in [9.17, 15) is 10.1 Å². The van der Waals surface area contributed by atoms with Gasteiger partial charge < -0.3 is 14.8 Å². The van der Waals surface area contributed by atoms with E-state index >= 15 is 0 Å². The Kier molecular flexibility index (Phi) is 2.49. The quantitative estimate of drug-likeness (QED) is 0.563. The molecule has 2 aromatic carbocycles. The molecule has 0 saturated heterocycles. The standard InChI is InChI=1S/C13H10N2O4/c1-18-9-3-5-11-13(7-9)19-12-6-8(15(16)17)2-4-10(12)14-11/h2-7,14H,1H3. The minimum Gasteiger partial charge on any atom is -0.497 e. The zero-order valence-electron chi connectivity index (χ0n) is 10.0. The molecule has 0 aromatic heterocycles. The third kappa shape index (κ3) is 1.93. The molecule has 1 N–H and O–H groups in total. The smallest absolute Gasteiger partial charge is 0.273 e. The van der Waals surface area contributed by atoms with Crippen LogP contribution in [0.5, 0.6) is 17.2 Å². The molecule has 0 saturated carbocycles. The third-order valence-electron chi connectivity index (χ3n) is 2.85. The number of non-ortho nitro benzene ring substituents is 1. The topological polar surface area (TPSA) is 73.6 Å². The number of nitrogens with zero attached hydrogens (tertiary/aromatic N) is 1. The van der Waals surface area contributed by atoms with Crippen molar-refractivity contribution in [2.45, 2.75) is 0 Å². The van der Waals surface area contributed by atoms with Gasteiger partial charge in [0, 0.05) is 12.1 Å². The number of rotatable bonds is 2. The lowest BCUT2D eigenvalue weighted by molar-refractivity contribution is -0.384. The van der Waals surface area contributed by atoms with Crippen molar-refractivity contribution in [3.05, 3.63) is 46.5 Å². The summed E-state index contributed by atoms with van der Waals surface area (Å²) in [5.74, 6) is 1.66. The first-order valence-corrected chi connectivity index (χ1v) is 5.59. The van der Waals surface area contributed by atoms with Crippen molar-refractivity contribution in [3.8, 4) is 17.2 Å². The molecule has 19 heavy (non-hydrogen) atoms. The van der Waals surface area contributed by atoms with E-state index in [-0.39, 0.29) is 5.69 Å². The fourth-order valence-electron chi connectivity index (χ4n) is 1.89. The van der Waals surface area contributed by atoms with Crippen molar-refractivity contribution in [1.29, 1.82) is 0 Å². The van der Waals surface area contributed by atoms with E-state index < -0.39 is 4.92 Å². The molecule has 3 rings (SSSR count). The SMILES string of the molecule is COc1ccc2c(c1)Oc1cc([N+](=O)[O-])ccc1N2. The van der Waals surface area contributed by atoms with Crippen molar-refractivity contribution in [2.24, 2.45) is 0 Å². The van der Waals surface area contributed by atoms with Gasteiger partial charge in [0.25, 0.3) is 5.69 Å². The van der Waals surface area contributed by atoms with E-state index in [0.717, 1.165) is 5.69 Å². The molecule has 1 aliphatic heterocycles. The van der Waals surface area contributed by atoms with Crippen LogP contribution in [0.1, 0.15) is 0 Å². The second-order valence-corrected chi connectivity index (χ2v) is 4.03. The van der Waals surface area contributed by atoms with Crippen molar-refractivity contribution in [2.75, 3.05) is 12.4 Å². The van der Waals surface area contributed by atoms with Crippen LogP contribution in [-0.4, -0.2) is 12.0 Å². The lowest BCUT2D eigenvalue weighted by Crippen LogP contribution is -2.03. The predicted octanol–water partition coefficient (Wildman–Crippen LogP) is 3.45. The Bertz CT molecular complexity index is 670. The number of ether oxygens (including phenoxy) is 2. The Labute approximate surface area is 108 Å². The maximum Gasteiger partial charge on any atom is 0.273 e. The number of anilines is 2. The van der Waals surface area contributed by atoms with Crippen LogP contribution in [0.15, 0.2) is 36.4 Å². The van der Waals surface area contributed by atoms with Gasteiger partial charge in [0.2, 0.25) is 0 Å². The maximum absolute atomic E-state index is 10.7. The number of benzene rings is 2. The van der Waals surface area contributed by atoms with E-state index in [2.05, 4.69) is 5.32 Å². The van der Waals surface area contributed by atoms with Crippen molar-refractivity contribution in [3.63, 3.8) is 0 Å². The summed E-state index contributed by atoms with van der Waals surface area (Å²) in [5, 5.41) is 13.9. The average Bonchev–Trinajstić information content (AvgIpc) is 2.43. The highest BCUT2D eigenvalue weighted by atomic mass is 16.6. The summed E-state index contributed by atoms with van der Waals surface area (Å²) in [4.78, 5) is 10.3. The summed E-state index contributed by atoms with van der Waals surface area (Å²) in [6.07, 6.45) is 0. The summed E-state index contributed by atoms with van der Waals surface area (Å²) in [6.45, 7) is 0. The van der Waals surface area contributed by atoms with E-state index in [0.29, 0.717) is 22.9 Å². The summed E-state index contributed by atoms with van der Waals surface area (Å²) in [6, 6.07) is 9.82. The molecule has 0 spiro atoms. The van der Waals surface area contributed by atoms with Crippen LogP contribution in [0.4, 0.5) is 17.1 Å². The van der Waals surface area contributed by atoms with Gasteiger partial charge in [-0.25, -0.2) is 0 Å². The number of hydrogen-bond acceptors (Lipinski definition) is 5. The van der Waals surface area contributed by atoms with Crippen LogP contribution >= 0.6 is 0 Å². The van der Waals surface area contributed by atoms with Crippen LogP contribution in [-0.2, 0) is 0 Å². The van der Waals surface area contributed by atoms with Crippen LogP contribution in [0, 0.1) is 10.1 Å². The zero-order chi connectivity index (χ0) is 13.4. The van der Waals surface area contributed by atoms with Crippen LogP contribution in [0.25, 0.3) is 0 Å². The number of nitro benzene ring substituents is 1. The average molecular weight is 258 g/mol. The Balaban J connectivity index is 2.02. The molecule has 0 fully saturated rings. The summed E-state index contributed by atoms with van der Waals surface area (Å²) < 4.78 is 10.8. The fraction of sp³-hybridized carbons (Fsp3) is 0.0769. The van der Waals surface area contributed by atoms with E-state index in [1.807, 2.05) is 12.1 Å². The van der Waals surface area contributed by atoms with Crippen LogP contribution in [0.3, 0.4) is 0 Å². The summed E-state index contributed by atoms with van der Waals surface area (Å²) in [7, 11) is 1.57. The van der Waals surface area contributed by atoms with Gasteiger partial charge in [-0.2, -0.15) is 0 Å². The molecule has 0 aliphatic carbocycles. The van der Waals surface area contributed by atoms with Gasteiger partial charge >= 0.3 is 0 Å². The van der Waals surface area contributed by atoms with Gasteiger partial charge in [-0.15, -0.1) is 0 Å². The first-order chi connectivity index (χ1) is 9.17. The van der Waals surface area contributed by atoms with Gasteiger partial charge in [-0.1, -0.05) is 0 Å². The van der Waals surface area contributed by atoms with Crippen molar-refractivity contribution in [1.82, 2.24) is 0 Å². The highest BCUT2D eigenvalue weighted by Gasteiger charge is 2.19. The molecule has 2 aromatic rings. The van der Waals surface area contributed by atoms with Gasteiger partial charge in [0.15, 0.2) is 11.5 Å². The predicted molar refractivity (Wildman–Crippen MR) is 69.4 cm³/mol. The van der Waals surface area contributed by atoms with Crippen LogP contribution in [0.2, 0.25) is 0 Å². The molecule has 0 atom stereocenters. The molecule has 0 amide bonds. The Morgan fingerprint density at radius 1 is 1.16 bits per heavy atom. The monoisotopic (exact) mass is 258 g/mol. The molecular weight excluding hydrogens is 248 g/mol. The second-order valence-electron chi connectivity index (χ2n) is 4.03. The second kappa shape index (κ2) is 4.16. The van der Waals surface area contributed by atoms with Gasteiger partial charge in [0.1, 0.15) is 5.75 Å². The van der Waals surface area contributed by atoms with E-state index in [4.69, 9.17) is 9.47 Å². The van der Waals surface area contributed by atoms with E-state index in [1.165, 1.54) is 12.1 Å². The molecule has 1 heterocycles. The van der Waals surface area contributed by atoms with Gasteiger partial charge in [-0.3, -0.25) is 10.1 Å². The minimum atomic E-state index is -0.454. The number of fused-ring (bicyclic) bond motifs is 2. The highest BCUT2D eigenvalue weighted by molar-refractivity contribution is 5.77. The maximum atomic E-state index is 10.7. The van der Waals surface area contributed by atoms with E-state index in [1.54, 1.807) is 19.2 Å². The summed E-state index contributed by atoms with van der Waals surface area (Å²) in [5.41, 5.74) is 1.48. The Morgan fingerprint density at radius 3 is 2.53 bits per heavy atom. The zero-order valence-corrected chi connectivity index (χ0v) is 10.0. The third-order valence-corrected chi connectivity index (χ3v) is 2.85. The normalized spacial score (nSPS) is 11.6. The Hall–Kier alpha value is -2.76.